The molecule has 2 aromatic carbocycles. The predicted octanol–water partition coefficient (Wildman–Crippen LogP) is 6.96. The van der Waals surface area contributed by atoms with E-state index in [1.807, 2.05) is 64.1 Å². The summed E-state index contributed by atoms with van der Waals surface area (Å²) in [6.07, 6.45) is 7.73. The Hall–Kier alpha value is -3.21. The van der Waals surface area contributed by atoms with Crippen LogP contribution < -0.4 is 20.1 Å². The van der Waals surface area contributed by atoms with Gasteiger partial charge in [0.1, 0.15) is 5.76 Å². The van der Waals surface area contributed by atoms with Crippen LogP contribution >= 0.6 is 0 Å². The average Bonchev–Trinajstić information content (AvgIpc) is 2.83. The van der Waals surface area contributed by atoms with Crippen LogP contribution in [0.25, 0.3) is 0 Å². The Kier molecular flexibility index (Phi) is 14.8. The van der Waals surface area contributed by atoms with Crippen molar-refractivity contribution >= 4 is 17.8 Å². The van der Waals surface area contributed by atoms with Crippen molar-refractivity contribution in [3.8, 4) is 11.5 Å². The van der Waals surface area contributed by atoms with Gasteiger partial charge in [-0.05, 0) is 68.2 Å². The molecule has 0 aromatic heterocycles. The molecule has 0 radical (unpaired) electrons. The van der Waals surface area contributed by atoms with Crippen LogP contribution in [0.4, 0.5) is 11.4 Å². The summed E-state index contributed by atoms with van der Waals surface area (Å²) in [5.41, 5.74) is 8.25. The minimum atomic E-state index is 0.521. The number of allylic oxidation sites excluding steroid dienone is 4. The molecule has 2 N–H and O–H groups in total. The van der Waals surface area contributed by atoms with E-state index in [1.54, 1.807) is 26.3 Å². The number of nitrogens with two attached hydrogens (primary N) is 1. The number of nitrogens with zero attached hydrogens (tertiary/aromatic N) is 1. The monoisotopic (exact) mass is 440 g/mol. The van der Waals surface area contributed by atoms with Crippen LogP contribution in [0.15, 0.2) is 66.5 Å². The maximum absolute atomic E-state index is 10.3. The highest BCUT2D eigenvalue weighted by atomic mass is 16.5. The summed E-state index contributed by atoms with van der Waals surface area (Å²) >= 11 is 0. The van der Waals surface area contributed by atoms with Gasteiger partial charge in [-0.25, -0.2) is 0 Å². The Morgan fingerprint density at radius 3 is 2.38 bits per heavy atom. The van der Waals surface area contributed by atoms with E-state index in [2.05, 4.69) is 26.0 Å². The third kappa shape index (κ3) is 10.2. The third-order valence-corrected chi connectivity index (χ3v) is 4.60. The molecule has 0 aliphatic carbocycles. The van der Waals surface area contributed by atoms with Crippen molar-refractivity contribution in [2.45, 2.75) is 53.9 Å². The molecule has 0 aliphatic rings. The van der Waals surface area contributed by atoms with E-state index in [1.165, 1.54) is 10.5 Å². The normalized spacial score (nSPS) is 11.4. The number of carbonyl (C=O) groups excluding carboxylic acids is 1. The minimum absolute atomic E-state index is 0.521. The van der Waals surface area contributed by atoms with Crippen LogP contribution in [0.1, 0.15) is 59.4 Å². The van der Waals surface area contributed by atoms with Gasteiger partial charge in [0.05, 0.1) is 7.11 Å². The molecule has 176 valence electrons. The average molecular weight is 441 g/mol. The first kappa shape index (κ1) is 28.8. The van der Waals surface area contributed by atoms with Gasteiger partial charge >= 0.3 is 0 Å². The minimum Gasteiger partial charge on any atom is -0.493 e. The Balaban J connectivity index is 0.000000626. The van der Waals surface area contributed by atoms with Crippen molar-refractivity contribution in [3.63, 3.8) is 0 Å². The number of amides is 1. The van der Waals surface area contributed by atoms with E-state index >= 15 is 0 Å². The molecule has 0 heterocycles. The highest BCUT2D eigenvalue weighted by molar-refractivity contribution is 5.75. The SMILES string of the molecule is C/C=C\C=C(/C)Oc1cc(C(C)CC)ccc1OC.CC.CN(C=O)c1cccc(N)c1. The summed E-state index contributed by atoms with van der Waals surface area (Å²) < 4.78 is 11.2. The van der Waals surface area contributed by atoms with Gasteiger partial charge in [0.25, 0.3) is 0 Å². The van der Waals surface area contributed by atoms with Crippen molar-refractivity contribution in [1.29, 1.82) is 0 Å². The number of rotatable bonds is 8. The molecule has 0 fully saturated rings. The standard InChI is InChI=1S/C17H24O2.C8H10N2O.C2H6/c1-6-8-9-14(4)19-17-12-15(13(3)7-2)10-11-16(17)18-5;1-10(6-11)8-4-2-3-7(9)5-8;1-2/h6,8-13H,7H2,1-5H3;2-6H,9H2,1H3;1-2H3/b8-6-,14-9+;;. The second-order valence-corrected chi connectivity index (χ2v) is 6.94. The molecule has 0 saturated heterocycles. The van der Waals surface area contributed by atoms with E-state index in [9.17, 15) is 4.79 Å². The first-order chi connectivity index (χ1) is 15.4. The van der Waals surface area contributed by atoms with Gasteiger partial charge in [0, 0.05) is 18.4 Å². The van der Waals surface area contributed by atoms with E-state index in [0.717, 1.165) is 35.8 Å². The maximum Gasteiger partial charge on any atom is 0.213 e. The topological polar surface area (TPSA) is 64.8 Å². The molecule has 0 aliphatic heterocycles. The highest BCUT2D eigenvalue weighted by Crippen LogP contribution is 2.33. The number of benzene rings is 2. The third-order valence-electron chi connectivity index (χ3n) is 4.60. The molecule has 0 spiro atoms. The molecular weight excluding hydrogens is 400 g/mol. The Bertz CT molecular complexity index is 860. The van der Waals surface area contributed by atoms with Crippen LogP contribution in [0.5, 0.6) is 11.5 Å². The van der Waals surface area contributed by atoms with Crippen LogP contribution in [0.2, 0.25) is 0 Å². The lowest BCUT2D eigenvalue weighted by Crippen LogP contribution is -2.13. The van der Waals surface area contributed by atoms with Crippen molar-refractivity contribution in [3.05, 3.63) is 72.0 Å². The summed E-state index contributed by atoms with van der Waals surface area (Å²) in [5, 5.41) is 0. The summed E-state index contributed by atoms with van der Waals surface area (Å²) in [5.74, 6) is 2.91. The van der Waals surface area contributed by atoms with Crippen molar-refractivity contribution in [2.75, 3.05) is 24.8 Å². The van der Waals surface area contributed by atoms with Crippen LogP contribution in [0.3, 0.4) is 0 Å². The Labute approximate surface area is 194 Å². The fourth-order valence-electron chi connectivity index (χ4n) is 2.56. The molecule has 1 atom stereocenters. The first-order valence-electron chi connectivity index (χ1n) is 11.0. The molecule has 2 aromatic rings. The molecule has 0 bridgehead atoms. The lowest BCUT2D eigenvalue weighted by Gasteiger charge is -2.15. The Morgan fingerprint density at radius 2 is 1.84 bits per heavy atom. The van der Waals surface area contributed by atoms with E-state index in [4.69, 9.17) is 15.2 Å². The zero-order chi connectivity index (χ0) is 24.5. The number of ether oxygens (including phenoxy) is 2. The number of hydrogen-bond donors (Lipinski definition) is 1. The molecule has 1 unspecified atom stereocenters. The number of carbonyl (C=O) groups is 1. The van der Waals surface area contributed by atoms with Crippen LogP contribution in [0, 0.1) is 0 Å². The summed E-state index contributed by atoms with van der Waals surface area (Å²) in [6.45, 7) is 12.3. The summed E-state index contributed by atoms with van der Waals surface area (Å²) in [7, 11) is 3.35. The van der Waals surface area contributed by atoms with Gasteiger partial charge < -0.3 is 20.1 Å². The number of methoxy groups -OCH3 is 1. The van der Waals surface area contributed by atoms with Gasteiger partial charge in [0.15, 0.2) is 11.5 Å². The second kappa shape index (κ2) is 16.5. The smallest absolute Gasteiger partial charge is 0.213 e. The van der Waals surface area contributed by atoms with Crippen LogP contribution in [-0.2, 0) is 4.79 Å². The van der Waals surface area contributed by atoms with E-state index < -0.39 is 0 Å². The summed E-state index contributed by atoms with van der Waals surface area (Å²) in [4.78, 5) is 11.8. The molecule has 5 nitrogen and oxygen atoms in total. The first-order valence-corrected chi connectivity index (χ1v) is 11.0. The molecular formula is C27H40N2O3. The van der Waals surface area contributed by atoms with E-state index in [0.29, 0.717) is 11.6 Å². The fourth-order valence-corrected chi connectivity index (χ4v) is 2.56. The largest absolute Gasteiger partial charge is 0.493 e. The molecule has 5 heteroatoms. The Morgan fingerprint density at radius 1 is 1.16 bits per heavy atom. The zero-order valence-corrected chi connectivity index (χ0v) is 20.9. The van der Waals surface area contributed by atoms with Gasteiger partial charge in [-0.2, -0.15) is 0 Å². The maximum atomic E-state index is 10.3. The van der Waals surface area contributed by atoms with Crippen molar-refractivity contribution < 1.29 is 14.3 Å². The highest BCUT2D eigenvalue weighted by Gasteiger charge is 2.10. The zero-order valence-electron chi connectivity index (χ0n) is 20.9. The number of hydrogen-bond acceptors (Lipinski definition) is 4. The van der Waals surface area contributed by atoms with Crippen molar-refractivity contribution in [2.24, 2.45) is 0 Å². The number of anilines is 2. The molecule has 32 heavy (non-hydrogen) atoms. The number of nitrogen functional groups attached to an aromatic ring is 1. The molecule has 2 rings (SSSR count). The second-order valence-electron chi connectivity index (χ2n) is 6.94. The predicted molar refractivity (Wildman–Crippen MR) is 138 cm³/mol. The van der Waals surface area contributed by atoms with Gasteiger partial charge in [0.2, 0.25) is 6.41 Å². The molecule has 0 saturated carbocycles. The van der Waals surface area contributed by atoms with Gasteiger partial charge in [-0.3, -0.25) is 4.79 Å². The van der Waals surface area contributed by atoms with Gasteiger partial charge in [-0.1, -0.05) is 52.0 Å². The van der Waals surface area contributed by atoms with Crippen molar-refractivity contribution in [1.82, 2.24) is 0 Å². The molecule has 1 amide bonds. The fraction of sp³-hybridized carbons (Fsp3) is 0.370. The lowest BCUT2D eigenvalue weighted by molar-refractivity contribution is -0.107. The van der Waals surface area contributed by atoms with Gasteiger partial charge in [-0.15, -0.1) is 0 Å². The van der Waals surface area contributed by atoms with E-state index in [-0.39, 0.29) is 0 Å². The summed E-state index contributed by atoms with van der Waals surface area (Å²) in [6, 6.07) is 13.3. The quantitative estimate of drug-likeness (QED) is 0.209. The lowest BCUT2D eigenvalue weighted by atomic mass is 9.98. The van der Waals surface area contributed by atoms with Crippen LogP contribution in [-0.4, -0.2) is 20.6 Å².